The van der Waals surface area contributed by atoms with Crippen molar-refractivity contribution >= 4 is 21.6 Å². The van der Waals surface area contributed by atoms with E-state index in [1.807, 2.05) is 25.1 Å². The van der Waals surface area contributed by atoms with Gasteiger partial charge in [0.25, 0.3) is 0 Å². The van der Waals surface area contributed by atoms with E-state index in [4.69, 9.17) is 10.5 Å². The van der Waals surface area contributed by atoms with E-state index in [1.54, 1.807) is 12.1 Å². The number of anilines is 1. The molecule has 2 aromatic carbocycles. The minimum absolute atomic E-state index is 0.0203. The molecule has 0 saturated carbocycles. The summed E-state index contributed by atoms with van der Waals surface area (Å²) < 4.78 is 19.8. The standard InChI is InChI=1S/C13H11BrFNO/c1-8-5-6-9(14)7-12(8)17-11-4-2-3-10(15)13(11)16/h2-7H,16H2,1H3. The van der Waals surface area contributed by atoms with Crippen molar-refractivity contribution < 1.29 is 9.13 Å². The van der Waals surface area contributed by atoms with Gasteiger partial charge in [0.1, 0.15) is 17.3 Å². The number of benzene rings is 2. The smallest absolute Gasteiger partial charge is 0.153 e. The molecule has 0 aliphatic rings. The Kier molecular flexibility index (Phi) is 3.33. The lowest BCUT2D eigenvalue weighted by Gasteiger charge is -2.11. The highest BCUT2D eigenvalue weighted by molar-refractivity contribution is 9.10. The average Bonchev–Trinajstić information content (AvgIpc) is 2.30. The van der Waals surface area contributed by atoms with Crippen LogP contribution in [0.5, 0.6) is 11.5 Å². The summed E-state index contributed by atoms with van der Waals surface area (Å²) in [6.45, 7) is 1.91. The monoisotopic (exact) mass is 295 g/mol. The highest BCUT2D eigenvalue weighted by atomic mass is 79.9. The molecular formula is C13H11BrFNO. The number of halogens is 2. The zero-order chi connectivity index (χ0) is 12.4. The number of hydrogen-bond donors (Lipinski definition) is 1. The molecule has 2 rings (SSSR count). The molecular weight excluding hydrogens is 285 g/mol. The van der Waals surface area contributed by atoms with Crippen molar-refractivity contribution in [2.24, 2.45) is 0 Å². The Labute approximate surface area is 107 Å². The van der Waals surface area contributed by atoms with Crippen molar-refractivity contribution in [1.29, 1.82) is 0 Å². The Morgan fingerprint density at radius 1 is 1.18 bits per heavy atom. The summed E-state index contributed by atoms with van der Waals surface area (Å²) in [5, 5.41) is 0. The van der Waals surface area contributed by atoms with Crippen LogP contribution in [0.3, 0.4) is 0 Å². The van der Waals surface area contributed by atoms with Gasteiger partial charge in [-0.15, -0.1) is 0 Å². The van der Waals surface area contributed by atoms with Gasteiger partial charge in [0, 0.05) is 4.47 Å². The van der Waals surface area contributed by atoms with Crippen LogP contribution < -0.4 is 10.5 Å². The Bertz CT molecular complexity index is 557. The zero-order valence-electron chi connectivity index (χ0n) is 9.21. The Morgan fingerprint density at radius 2 is 1.94 bits per heavy atom. The minimum Gasteiger partial charge on any atom is -0.455 e. The third-order valence-electron chi connectivity index (χ3n) is 2.38. The highest BCUT2D eigenvalue weighted by Crippen LogP contribution is 2.32. The van der Waals surface area contributed by atoms with Crippen molar-refractivity contribution in [3.8, 4) is 11.5 Å². The van der Waals surface area contributed by atoms with Gasteiger partial charge in [-0.2, -0.15) is 0 Å². The first-order chi connectivity index (χ1) is 8.08. The molecule has 17 heavy (non-hydrogen) atoms. The second kappa shape index (κ2) is 4.75. The fraction of sp³-hybridized carbons (Fsp3) is 0.0769. The lowest BCUT2D eigenvalue weighted by atomic mass is 10.2. The van der Waals surface area contributed by atoms with Gasteiger partial charge < -0.3 is 10.5 Å². The lowest BCUT2D eigenvalue weighted by molar-refractivity contribution is 0.476. The Morgan fingerprint density at radius 3 is 2.71 bits per heavy atom. The van der Waals surface area contributed by atoms with Gasteiger partial charge in [-0.1, -0.05) is 28.1 Å². The minimum atomic E-state index is -0.477. The van der Waals surface area contributed by atoms with Crippen LogP contribution in [0.25, 0.3) is 0 Å². The summed E-state index contributed by atoms with van der Waals surface area (Å²) in [5.74, 6) is 0.498. The fourth-order valence-corrected chi connectivity index (χ4v) is 1.75. The number of rotatable bonds is 2. The molecule has 88 valence electrons. The first-order valence-corrected chi connectivity index (χ1v) is 5.85. The third-order valence-corrected chi connectivity index (χ3v) is 2.88. The lowest BCUT2D eigenvalue weighted by Crippen LogP contribution is -1.96. The number of nitrogen functional groups attached to an aromatic ring is 1. The molecule has 0 aliphatic carbocycles. The molecule has 0 saturated heterocycles. The number of para-hydroxylation sites is 1. The molecule has 0 aromatic heterocycles. The van der Waals surface area contributed by atoms with Gasteiger partial charge in [-0.05, 0) is 36.8 Å². The van der Waals surface area contributed by atoms with Crippen molar-refractivity contribution in [3.05, 3.63) is 52.3 Å². The van der Waals surface area contributed by atoms with Gasteiger partial charge >= 0.3 is 0 Å². The second-order valence-corrected chi connectivity index (χ2v) is 4.58. The maximum Gasteiger partial charge on any atom is 0.153 e. The van der Waals surface area contributed by atoms with Gasteiger partial charge in [0.05, 0.1) is 0 Å². The van der Waals surface area contributed by atoms with Crippen LogP contribution in [-0.4, -0.2) is 0 Å². The van der Waals surface area contributed by atoms with Crippen molar-refractivity contribution in [1.82, 2.24) is 0 Å². The predicted octanol–water partition coefficient (Wildman–Crippen LogP) is 4.27. The maximum absolute atomic E-state index is 13.2. The number of aryl methyl sites for hydroxylation is 1. The van der Waals surface area contributed by atoms with E-state index in [0.29, 0.717) is 11.5 Å². The summed E-state index contributed by atoms with van der Waals surface area (Å²) >= 11 is 3.36. The summed E-state index contributed by atoms with van der Waals surface area (Å²) in [5.41, 5.74) is 6.58. The van der Waals surface area contributed by atoms with Crippen LogP contribution in [0.4, 0.5) is 10.1 Å². The molecule has 0 heterocycles. The van der Waals surface area contributed by atoms with E-state index < -0.39 is 5.82 Å². The fourth-order valence-electron chi connectivity index (χ4n) is 1.41. The largest absolute Gasteiger partial charge is 0.455 e. The van der Waals surface area contributed by atoms with Gasteiger partial charge in [-0.3, -0.25) is 0 Å². The van der Waals surface area contributed by atoms with E-state index in [1.165, 1.54) is 6.07 Å². The van der Waals surface area contributed by atoms with E-state index in [-0.39, 0.29) is 5.69 Å². The summed E-state index contributed by atoms with van der Waals surface area (Å²) in [7, 11) is 0. The highest BCUT2D eigenvalue weighted by Gasteiger charge is 2.08. The van der Waals surface area contributed by atoms with Crippen LogP contribution in [0.1, 0.15) is 5.56 Å². The predicted molar refractivity (Wildman–Crippen MR) is 69.8 cm³/mol. The molecule has 0 atom stereocenters. The SMILES string of the molecule is Cc1ccc(Br)cc1Oc1cccc(F)c1N. The number of nitrogens with two attached hydrogens (primary N) is 1. The first kappa shape index (κ1) is 11.9. The molecule has 0 fully saturated rings. The number of hydrogen-bond acceptors (Lipinski definition) is 2. The molecule has 4 heteroatoms. The summed E-state index contributed by atoms with van der Waals surface area (Å²) in [6.07, 6.45) is 0. The summed E-state index contributed by atoms with van der Waals surface area (Å²) in [4.78, 5) is 0. The van der Waals surface area contributed by atoms with Crippen molar-refractivity contribution in [2.45, 2.75) is 6.92 Å². The molecule has 2 aromatic rings. The van der Waals surface area contributed by atoms with Crippen molar-refractivity contribution in [3.63, 3.8) is 0 Å². The molecule has 0 amide bonds. The maximum atomic E-state index is 13.2. The van der Waals surface area contributed by atoms with Crippen LogP contribution in [0.2, 0.25) is 0 Å². The van der Waals surface area contributed by atoms with E-state index in [2.05, 4.69) is 15.9 Å². The quantitative estimate of drug-likeness (QED) is 0.840. The summed E-state index contributed by atoms with van der Waals surface area (Å²) in [6, 6.07) is 10.1. The molecule has 0 radical (unpaired) electrons. The third kappa shape index (κ3) is 2.58. The Hall–Kier alpha value is -1.55. The van der Waals surface area contributed by atoms with E-state index >= 15 is 0 Å². The molecule has 2 nitrogen and oxygen atoms in total. The van der Waals surface area contributed by atoms with E-state index in [0.717, 1.165) is 10.0 Å². The second-order valence-electron chi connectivity index (χ2n) is 3.66. The van der Waals surface area contributed by atoms with Crippen LogP contribution in [0, 0.1) is 12.7 Å². The Balaban J connectivity index is 2.38. The molecule has 0 spiro atoms. The van der Waals surface area contributed by atoms with Gasteiger partial charge in [0.2, 0.25) is 0 Å². The van der Waals surface area contributed by atoms with Crippen molar-refractivity contribution in [2.75, 3.05) is 5.73 Å². The van der Waals surface area contributed by atoms with Crippen LogP contribution in [-0.2, 0) is 0 Å². The van der Waals surface area contributed by atoms with Gasteiger partial charge in [-0.25, -0.2) is 4.39 Å². The number of ether oxygens (including phenoxy) is 1. The molecule has 0 bridgehead atoms. The van der Waals surface area contributed by atoms with Gasteiger partial charge in [0.15, 0.2) is 5.75 Å². The normalized spacial score (nSPS) is 10.3. The zero-order valence-corrected chi connectivity index (χ0v) is 10.8. The van der Waals surface area contributed by atoms with E-state index in [9.17, 15) is 4.39 Å². The average molecular weight is 296 g/mol. The first-order valence-electron chi connectivity index (χ1n) is 5.06. The van der Waals surface area contributed by atoms with Crippen LogP contribution >= 0.6 is 15.9 Å². The van der Waals surface area contributed by atoms with Crippen LogP contribution in [0.15, 0.2) is 40.9 Å². The molecule has 0 unspecified atom stereocenters. The molecule has 0 aliphatic heterocycles. The molecule has 2 N–H and O–H groups in total. The topological polar surface area (TPSA) is 35.2 Å².